The van der Waals surface area contributed by atoms with Crippen LogP contribution >= 0.6 is 22.6 Å². The maximum atomic E-state index is 13.1. The fraction of sp³-hybridized carbons (Fsp3) is 0.235. The van der Waals surface area contributed by atoms with Crippen molar-refractivity contribution in [1.82, 2.24) is 0 Å². The summed E-state index contributed by atoms with van der Waals surface area (Å²) in [6.45, 7) is 4.33. The Hall–Kier alpha value is -1.23. The largest absolute Gasteiger partial charge is 0.289 e. The third-order valence-corrected chi connectivity index (χ3v) is 3.93. The monoisotopic (exact) mass is 382 g/mol. The van der Waals surface area contributed by atoms with Gasteiger partial charge in [-0.05, 0) is 58.7 Å². The summed E-state index contributed by atoms with van der Waals surface area (Å²) in [4.78, 5) is 12.4. The van der Waals surface area contributed by atoms with Crippen molar-refractivity contribution in [3.63, 3.8) is 0 Å². The minimum absolute atomic E-state index is 0.0644. The molecule has 0 aromatic heterocycles. The van der Waals surface area contributed by atoms with E-state index >= 15 is 0 Å². The van der Waals surface area contributed by atoms with Gasteiger partial charge in [0.2, 0.25) is 0 Å². The van der Waals surface area contributed by atoms with E-state index in [1.54, 1.807) is 6.07 Å². The molecule has 0 N–H and O–H groups in total. The van der Waals surface area contributed by atoms with Crippen LogP contribution in [-0.4, -0.2) is 5.78 Å². The molecule has 0 fully saturated rings. The molecule has 0 unspecified atom stereocenters. The average Bonchev–Trinajstić information content (AvgIpc) is 2.38. The molecule has 0 bridgehead atoms. The molecule has 0 aliphatic heterocycles. The highest BCUT2D eigenvalue weighted by molar-refractivity contribution is 14.1. The number of ketones is 1. The van der Waals surface area contributed by atoms with Gasteiger partial charge in [0.05, 0.1) is 0 Å². The lowest BCUT2D eigenvalue weighted by molar-refractivity contribution is 0.103. The van der Waals surface area contributed by atoms with Crippen LogP contribution in [0.15, 0.2) is 42.5 Å². The lowest BCUT2D eigenvalue weighted by Gasteiger charge is -2.07. The van der Waals surface area contributed by atoms with Gasteiger partial charge in [-0.2, -0.15) is 0 Å². The third-order valence-electron chi connectivity index (χ3n) is 3.04. The van der Waals surface area contributed by atoms with Gasteiger partial charge < -0.3 is 0 Å². The summed E-state index contributed by atoms with van der Waals surface area (Å²) in [7, 11) is 0. The van der Waals surface area contributed by atoms with E-state index in [-0.39, 0.29) is 11.6 Å². The maximum Gasteiger partial charge on any atom is 0.194 e. The zero-order valence-electron chi connectivity index (χ0n) is 11.5. The molecule has 0 atom stereocenters. The van der Waals surface area contributed by atoms with E-state index in [1.165, 1.54) is 17.7 Å². The van der Waals surface area contributed by atoms with Gasteiger partial charge in [-0.1, -0.05) is 38.1 Å². The van der Waals surface area contributed by atoms with E-state index in [0.717, 1.165) is 6.42 Å². The number of hydrogen-bond donors (Lipinski definition) is 0. The Kier molecular flexibility index (Phi) is 4.91. The van der Waals surface area contributed by atoms with Gasteiger partial charge in [0.1, 0.15) is 5.82 Å². The van der Waals surface area contributed by atoms with Crippen molar-refractivity contribution in [3.8, 4) is 0 Å². The van der Waals surface area contributed by atoms with E-state index in [9.17, 15) is 9.18 Å². The molecule has 0 radical (unpaired) electrons. The van der Waals surface area contributed by atoms with E-state index in [1.807, 2.05) is 46.9 Å². The van der Waals surface area contributed by atoms with Gasteiger partial charge >= 0.3 is 0 Å². The SMILES string of the molecule is CC(C)Cc1ccc(C(=O)c2ccc(F)cc2I)cc1. The first-order valence-electron chi connectivity index (χ1n) is 6.56. The highest BCUT2D eigenvalue weighted by Gasteiger charge is 2.13. The normalized spacial score (nSPS) is 10.8. The van der Waals surface area contributed by atoms with Gasteiger partial charge in [0.25, 0.3) is 0 Å². The van der Waals surface area contributed by atoms with Crippen molar-refractivity contribution in [2.75, 3.05) is 0 Å². The average molecular weight is 382 g/mol. The minimum atomic E-state index is -0.321. The van der Waals surface area contributed by atoms with Crippen molar-refractivity contribution in [1.29, 1.82) is 0 Å². The van der Waals surface area contributed by atoms with Crippen LogP contribution in [0.3, 0.4) is 0 Å². The Labute approximate surface area is 132 Å². The second-order valence-electron chi connectivity index (χ2n) is 5.25. The predicted molar refractivity (Wildman–Crippen MR) is 87.5 cm³/mol. The van der Waals surface area contributed by atoms with Crippen molar-refractivity contribution in [2.45, 2.75) is 20.3 Å². The smallest absolute Gasteiger partial charge is 0.194 e. The second kappa shape index (κ2) is 6.48. The first-order chi connectivity index (χ1) is 9.47. The van der Waals surface area contributed by atoms with E-state index < -0.39 is 0 Å². The summed E-state index contributed by atoms with van der Waals surface area (Å²) in [6.07, 6.45) is 1.00. The summed E-state index contributed by atoms with van der Waals surface area (Å²) < 4.78 is 13.7. The number of carbonyl (C=O) groups is 1. The Morgan fingerprint density at radius 2 is 1.80 bits per heavy atom. The van der Waals surface area contributed by atoms with Crippen molar-refractivity contribution in [3.05, 3.63) is 68.5 Å². The summed E-state index contributed by atoms with van der Waals surface area (Å²) in [6, 6.07) is 11.9. The van der Waals surface area contributed by atoms with Gasteiger partial charge in [0.15, 0.2) is 5.78 Å². The van der Waals surface area contributed by atoms with Crippen LogP contribution in [0.2, 0.25) is 0 Å². The van der Waals surface area contributed by atoms with E-state index in [2.05, 4.69) is 13.8 Å². The molecule has 0 spiro atoms. The second-order valence-corrected chi connectivity index (χ2v) is 6.41. The van der Waals surface area contributed by atoms with Gasteiger partial charge in [-0.3, -0.25) is 4.79 Å². The number of hydrogen-bond acceptors (Lipinski definition) is 1. The highest BCUT2D eigenvalue weighted by atomic mass is 127. The number of carbonyl (C=O) groups excluding carboxylic acids is 1. The van der Waals surface area contributed by atoms with Gasteiger partial charge in [-0.25, -0.2) is 4.39 Å². The fourth-order valence-corrected chi connectivity index (χ4v) is 2.81. The molecule has 2 aromatic rings. The quantitative estimate of drug-likeness (QED) is 0.545. The molecule has 2 rings (SSSR count). The number of halogens is 2. The molecular formula is C17H16FIO. The van der Waals surface area contributed by atoms with Crippen LogP contribution in [-0.2, 0) is 6.42 Å². The number of rotatable bonds is 4. The zero-order chi connectivity index (χ0) is 14.7. The molecule has 0 aliphatic carbocycles. The first kappa shape index (κ1) is 15.2. The Balaban J connectivity index is 2.25. The van der Waals surface area contributed by atoms with Crippen LogP contribution in [0.4, 0.5) is 4.39 Å². The van der Waals surface area contributed by atoms with Crippen molar-refractivity contribution in [2.24, 2.45) is 5.92 Å². The topological polar surface area (TPSA) is 17.1 Å². The molecule has 1 nitrogen and oxygen atoms in total. The maximum absolute atomic E-state index is 13.1. The van der Waals surface area contributed by atoms with Crippen molar-refractivity contribution >= 4 is 28.4 Å². The molecule has 0 saturated carbocycles. The molecule has 20 heavy (non-hydrogen) atoms. The summed E-state index contributed by atoms with van der Waals surface area (Å²) in [5, 5.41) is 0. The summed E-state index contributed by atoms with van der Waals surface area (Å²) >= 11 is 1.99. The standard InChI is InChI=1S/C17H16FIO/c1-11(2)9-12-3-5-13(6-4-12)17(20)15-8-7-14(18)10-16(15)19/h3-8,10-11H,9H2,1-2H3. The highest BCUT2D eigenvalue weighted by Crippen LogP contribution is 2.19. The Bertz CT molecular complexity index is 617. The lowest BCUT2D eigenvalue weighted by atomic mass is 9.98. The van der Waals surface area contributed by atoms with Crippen molar-refractivity contribution < 1.29 is 9.18 Å². The molecule has 104 valence electrons. The van der Waals surface area contributed by atoms with Crippen LogP contribution in [0.1, 0.15) is 35.3 Å². The van der Waals surface area contributed by atoms with Crippen LogP contribution in [0, 0.1) is 15.3 Å². The van der Waals surface area contributed by atoms with Gasteiger partial charge in [0, 0.05) is 14.7 Å². The van der Waals surface area contributed by atoms with Crippen LogP contribution < -0.4 is 0 Å². The molecular weight excluding hydrogens is 366 g/mol. The fourth-order valence-electron chi connectivity index (χ4n) is 2.09. The number of benzene rings is 2. The third kappa shape index (κ3) is 3.66. The molecule has 2 aromatic carbocycles. The first-order valence-corrected chi connectivity index (χ1v) is 7.64. The molecule has 0 amide bonds. The summed E-state index contributed by atoms with van der Waals surface area (Å²) in [5.74, 6) is 0.207. The zero-order valence-corrected chi connectivity index (χ0v) is 13.6. The molecule has 0 aliphatic rings. The lowest BCUT2D eigenvalue weighted by Crippen LogP contribution is -2.04. The van der Waals surface area contributed by atoms with Gasteiger partial charge in [-0.15, -0.1) is 0 Å². The summed E-state index contributed by atoms with van der Waals surface area (Å²) in [5.41, 5.74) is 2.41. The molecule has 0 saturated heterocycles. The molecule has 3 heteroatoms. The van der Waals surface area contributed by atoms with Crippen LogP contribution in [0.5, 0.6) is 0 Å². The minimum Gasteiger partial charge on any atom is -0.289 e. The predicted octanol–water partition coefficient (Wildman–Crippen LogP) is 4.86. The van der Waals surface area contributed by atoms with E-state index in [4.69, 9.17) is 0 Å². The Morgan fingerprint density at radius 1 is 1.15 bits per heavy atom. The van der Waals surface area contributed by atoms with E-state index in [0.29, 0.717) is 20.6 Å². The molecule has 0 heterocycles. The Morgan fingerprint density at radius 3 is 2.35 bits per heavy atom. The van der Waals surface area contributed by atoms with Crippen LogP contribution in [0.25, 0.3) is 0 Å².